The van der Waals surface area contributed by atoms with Crippen LogP contribution in [-0.4, -0.2) is 12.1 Å². The third kappa shape index (κ3) is 5.83. The van der Waals surface area contributed by atoms with Gasteiger partial charge in [0.1, 0.15) is 5.82 Å². The van der Waals surface area contributed by atoms with Gasteiger partial charge >= 0.3 is 0 Å². The van der Waals surface area contributed by atoms with Crippen molar-refractivity contribution >= 4 is 0 Å². The molecule has 1 atom stereocenters. The molecule has 1 N–H and O–H groups in total. The zero-order valence-corrected chi connectivity index (χ0v) is 11.4. The van der Waals surface area contributed by atoms with E-state index in [1.807, 2.05) is 12.1 Å². The first kappa shape index (κ1) is 14.2. The summed E-state index contributed by atoms with van der Waals surface area (Å²) in [5.41, 5.74) is 0.988. The predicted octanol–water partition coefficient (Wildman–Crippen LogP) is 3.78. The third-order valence-electron chi connectivity index (χ3n) is 2.85. The summed E-state index contributed by atoms with van der Waals surface area (Å²) < 4.78 is 13.4. The topological polar surface area (TPSA) is 12.0 Å². The van der Waals surface area contributed by atoms with Gasteiger partial charge < -0.3 is 5.32 Å². The normalized spacial score (nSPS) is 13.7. The number of hydrogen-bond acceptors (Lipinski definition) is 1. The van der Waals surface area contributed by atoms with Gasteiger partial charge in [0.2, 0.25) is 0 Å². The fourth-order valence-electron chi connectivity index (χ4n) is 1.69. The van der Waals surface area contributed by atoms with Crippen LogP contribution in [0.5, 0.6) is 0 Å². The summed E-state index contributed by atoms with van der Waals surface area (Å²) >= 11 is 0. The summed E-state index contributed by atoms with van der Waals surface area (Å²) in [6.07, 6.45) is 1.84. The lowest BCUT2D eigenvalue weighted by atomic mass is 9.99. The summed E-state index contributed by atoms with van der Waals surface area (Å²) in [6, 6.07) is 7.05. The highest BCUT2D eigenvalue weighted by atomic mass is 19.1. The minimum atomic E-state index is -0.0801. The second kappa shape index (κ2) is 6.15. The molecule has 1 unspecified atom stereocenters. The fraction of sp³-hybridized carbons (Fsp3) is 0.600. The Balaban J connectivity index is 2.34. The number of rotatable bonds is 5. The van der Waals surface area contributed by atoms with Crippen LogP contribution in [0.25, 0.3) is 0 Å². The Labute approximate surface area is 104 Å². The van der Waals surface area contributed by atoms with Crippen molar-refractivity contribution in [2.45, 2.75) is 46.1 Å². The van der Waals surface area contributed by atoms with E-state index in [-0.39, 0.29) is 11.4 Å². The van der Waals surface area contributed by atoms with Gasteiger partial charge in [0.15, 0.2) is 0 Å². The van der Waals surface area contributed by atoms with Crippen LogP contribution in [0.1, 0.15) is 39.7 Å². The van der Waals surface area contributed by atoms with E-state index in [0.717, 1.165) is 24.9 Å². The molecule has 0 amide bonds. The number of hydrogen-bond donors (Lipinski definition) is 1. The van der Waals surface area contributed by atoms with E-state index in [2.05, 4.69) is 33.0 Å². The lowest BCUT2D eigenvalue weighted by Gasteiger charge is -2.23. The molecule has 0 fully saturated rings. The highest BCUT2D eigenvalue weighted by Gasteiger charge is 2.11. The standard InChI is InChI=1S/C15H24FN/c1-12(11-17-15(2,3)4)9-10-13-7-5-6-8-14(13)16/h5-8,12,17H,9-11H2,1-4H3. The van der Waals surface area contributed by atoms with Gasteiger partial charge in [-0.25, -0.2) is 4.39 Å². The fourth-order valence-corrected chi connectivity index (χ4v) is 1.69. The zero-order valence-electron chi connectivity index (χ0n) is 11.4. The van der Waals surface area contributed by atoms with E-state index >= 15 is 0 Å². The zero-order chi connectivity index (χ0) is 12.9. The van der Waals surface area contributed by atoms with Crippen molar-refractivity contribution in [2.24, 2.45) is 5.92 Å². The average Bonchev–Trinajstić information content (AvgIpc) is 2.24. The van der Waals surface area contributed by atoms with Crippen LogP contribution < -0.4 is 5.32 Å². The van der Waals surface area contributed by atoms with Crippen molar-refractivity contribution < 1.29 is 4.39 Å². The number of halogens is 1. The highest BCUT2D eigenvalue weighted by molar-refractivity contribution is 5.17. The van der Waals surface area contributed by atoms with Crippen molar-refractivity contribution in [3.63, 3.8) is 0 Å². The molecule has 1 aromatic rings. The molecule has 0 saturated carbocycles. The molecule has 0 spiro atoms. The van der Waals surface area contributed by atoms with Crippen molar-refractivity contribution in [2.75, 3.05) is 6.54 Å². The van der Waals surface area contributed by atoms with E-state index in [1.165, 1.54) is 6.07 Å². The molecule has 0 radical (unpaired) electrons. The van der Waals surface area contributed by atoms with Crippen LogP contribution in [0.15, 0.2) is 24.3 Å². The first-order valence-electron chi connectivity index (χ1n) is 6.37. The van der Waals surface area contributed by atoms with E-state index in [4.69, 9.17) is 0 Å². The molecule has 1 nitrogen and oxygen atoms in total. The Morgan fingerprint density at radius 2 is 1.88 bits per heavy atom. The van der Waals surface area contributed by atoms with Gasteiger partial charge in [-0.2, -0.15) is 0 Å². The maximum atomic E-state index is 13.4. The van der Waals surface area contributed by atoms with Crippen molar-refractivity contribution in [3.8, 4) is 0 Å². The maximum absolute atomic E-state index is 13.4. The molecule has 0 aliphatic carbocycles. The Morgan fingerprint density at radius 1 is 1.24 bits per heavy atom. The highest BCUT2D eigenvalue weighted by Crippen LogP contribution is 2.13. The average molecular weight is 237 g/mol. The molecule has 0 heterocycles. The Kier molecular flexibility index (Phi) is 5.13. The minimum Gasteiger partial charge on any atom is -0.312 e. The van der Waals surface area contributed by atoms with Gasteiger partial charge in [0.25, 0.3) is 0 Å². The predicted molar refractivity (Wildman–Crippen MR) is 71.6 cm³/mol. The first-order valence-corrected chi connectivity index (χ1v) is 6.37. The molecule has 0 saturated heterocycles. The van der Waals surface area contributed by atoms with Crippen LogP contribution in [0, 0.1) is 11.7 Å². The van der Waals surface area contributed by atoms with Crippen molar-refractivity contribution in [1.29, 1.82) is 0 Å². The van der Waals surface area contributed by atoms with Crippen LogP contribution >= 0.6 is 0 Å². The van der Waals surface area contributed by atoms with Gasteiger partial charge in [-0.05, 0) is 57.7 Å². The van der Waals surface area contributed by atoms with Gasteiger partial charge in [-0.1, -0.05) is 25.1 Å². The quantitative estimate of drug-likeness (QED) is 0.821. The molecule has 17 heavy (non-hydrogen) atoms. The van der Waals surface area contributed by atoms with Crippen molar-refractivity contribution in [3.05, 3.63) is 35.6 Å². The smallest absolute Gasteiger partial charge is 0.126 e. The van der Waals surface area contributed by atoms with Gasteiger partial charge in [0, 0.05) is 5.54 Å². The maximum Gasteiger partial charge on any atom is 0.126 e. The largest absolute Gasteiger partial charge is 0.312 e. The van der Waals surface area contributed by atoms with E-state index in [0.29, 0.717) is 5.92 Å². The molecule has 0 aliphatic heterocycles. The minimum absolute atomic E-state index is 0.0801. The van der Waals surface area contributed by atoms with Gasteiger partial charge in [0.05, 0.1) is 0 Å². The number of benzene rings is 1. The van der Waals surface area contributed by atoms with E-state index in [9.17, 15) is 4.39 Å². The third-order valence-corrected chi connectivity index (χ3v) is 2.85. The van der Waals surface area contributed by atoms with Crippen LogP contribution in [0.4, 0.5) is 4.39 Å². The first-order chi connectivity index (χ1) is 7.88. The summed E-state index contributed by atoms with van der Waals surface area (Å²) in [7, 11) is 0. The molecule has 0 aromatic heterocycles. The number of aryl methyl sites for hydroxylation is 1. The van der Waals surface area contributed by atoms with E-state index in [1.54, 1.807) is 6.07 Å². The molecule has 0 aliphatic rings. The summed E-state index contributed by atoms with van der Waals surface area (Å²) in [5.74, 6) is 0.484. The van der Waals surface area contributed by atoms with Crippen LogP contribution in [0.3, 0.4) is 0 Å². The number of nitrogens with one attached hydrogen (secondary N) is 1. The molecule has 1 rings (SSSR count). The summed E-state index contributed by atoms with van der Waals surface area (Å²) in [6.45, 7) is 9.68. The van der Waals surface area contributed by atoms with Crippen LogP contribution in [-0.2, 0) is 6.42 Å². The second-order valence-electron chi connectivity index (χ2n) is 5.87. The lowest BCUT2D eigenvalue weighted by molar-refractivity contribution is 0.372. The molecular formula is C15H24FN. The Bertz CT molecular complexity index is 341. The molecule has 0 bridgehead atoms. The Morgan fingerprint density at radius 3 is 2.47 bits per heavy atom. The monoisotopic (exact) mass is 237 g/mol. The van der Waals surface area contributed by atoms with E-state index < -0.39 is 0 Å². The van der Waals surface area contributed by atoms with Crippen LogP contribution in [0.2, 0.25) is 0 Å². The SMILES string of the molecule is CC(CCc1ccccc1F)CNC(C)(C)C. The van der Waals surface area contributed by atoms with Gasteiger partial charge in [-0.3, -0.25) is 0 Å². The van der Waals surface area contributed by atoms with Gasteiger partial charge in [-0.15, -0.1) is 0 Å². The Hall–Kier alpha value is -0.890. The van der Waals surface area contributed by atoms with Crippen molar-refractivity contribution in [1.82, 2.24) is 5.32 Å². The second-order valence-corrected chi connectivity index (χ2v) is 5.87. The molecular weight excluding hydrogens is 213 g/mol. The lowest BCUT2D eigenvalue weighted by Crippen LogP contribution is -2.38. The molecule has 2 heteroatoms. The summed E-state index contributed by atoms with van der Waals surface area (Å²) in [4.78, 5) is 0. The molecule has 96 valence electrons. The molecule has 1 aromatic carbocycles. The summed E-state index contributed by atoms with van der Waals surface area (Å²) in [5, 5.41) is 3.48.